The Bertz CT molecular complexity index is 899. The molecule has 0 bridgehead atoms. The van der Waals surface area contributed by atoms with Crippen molar-refractivity contribution in [3.8, 4) is 0 Å². The Morgan fingerprint density at radius 1 is 1.21 bits per heavy atom. The molecule has 7 heteroatoms. The molecule has 2 aromatic carbocycles. The first-order chi connectivity index (χ1) is 11.2. The van der Waals surface area contributed by atoms with E-state index in [1.54, 1.807) is 6.92 Å². The van der Waals surface area contributed by atoms with Crippen LogP contribution in [0.4, 0.5) is 0 Å². The summed E-state index contributed by atoms with van der Waals surface area (Å²) < 4.78 is 27.6. The smallest absolute Gasteiger partial charge is 0.242 e. The van der Waals surface area contributed by atoms with E-state index < -0.39 is 15.6 Å². The number of nitrogens with one attached hydrogen (secondary N) is 1. The molecule has 0 spiro atoms. The third-order valence-electron chi connectivity index (χ3n) is 4.38. The van der Waals surface area contributed by atoms with Crippen LogP contribution in [0.2, 0.25) is 10.0 Å². The Labute approximate surface area is 151 Å². The molecule has 0 amide bonds. The van der Waals surface area contributed by atoms with E-state index in [0.29, 0.717) is 17.0 Å². The highest BCUT2D eigenvalue weighted by atomic mass is 35.5. The molecule has 128 valence electrons. The van der Waals surface area contributed by atoms with E-state index in [9.17, 15) is 13.5 Å². The highest BCUT2D eigenvalue weighted by Crippen LogP contribution is 2.36. The molecular weight excluding hydrogens is 369 g/mol. The molecule has 0 aliphatic heterocycles. The molecule has 1 unspecified atom stereocenters. The monoisotopic (exact) mass is 385 g/mol. The van der Waals surface area contributed by atoms with Gasteiger partial charge >= 0.3 is 0 Å². The summed E-state index contributed by atoms with van der Waals surface area (Å²) in [5.74, 6) is 0. The van der Waals surface area contributed by atoms with Gasteiger partial charge in [-0.15, -0.1) is 0 Å². The SMILES string of the molecule is Cc1cc(S(=O)(=O)NCC2(O)CCc3ccccc32)c(Cl)cc1Cl. The van der Waals surface area contributed by atoms with Crippen molar-refractivity contribution < 1.29 is 13.5 Å². The summed E-state index contributed by atoms with van der Waals surface area (Å²) in [6.07, 6.45) is 1.19. The Morgan fingerprint density at radius 2 is 1.92 bits per heavy atom. The lowest BCUT2D eigenvalue weighted by Gasteiger charge is -2.24. The standard InChI is InChI=1S/C17H17Cl2NO3S/c1-11-8-16(15(19)9-14(11)18)24(22,23)20-10-17(21)7-6-12-4-2-3-5-13(12)17/h2-5,8-9,20-21H,6-7,10H2,1H3. The molecule has 0 radical (unpaired) electrons. The Kier molecular flexibility index (Phi) is 4.66. The topological polar surface area (TPSA) is 66.4 Å². The van der Waals surface area contributed by atoms with Crippen LogP contribution in [0.25, 0.3) is 0 Å². The molecule has 0 saturated heterocycles. The van der Waals surface area contributed by atoms with Crippen LogP contribution in [0.3, 0.4) is 0 Å². The van der Waals surface area contributed by atoms with Gasteiger partial charge in [-0.05, 0) is 48.6 Å². The fourth-order valence-electron chi connectivity index (χ4n) is 2.98. The van der Waals surface area contributed by atoms with Crippen molar-refractivity contribution in [2.24, 2.45) is 0 Å². The van der Waals surface area contributed by atoms with Crippen molar-refractivity contribution in [1.29, 1.82) is 0 Å². The lowest BCUT2D eigenvalue weighted by molar-refractivity contribution is 0.0442. The average molecular weight is 386 g/mol. The van der Waals surface area contributed by atoms with Crippen LogP contribution in [0.15, 0.2) is 41.3 Å². The minimum absolute atomic E-state index is 0.0408. The van der Waals surface area contributed by atoms with Gasteiger partial charge < -0.3 is 5.11 Å². The first kappa shape index (κ1) is 17.7. The van der Waals surface area contributed by atoms with Crippen molar-refractivity contribution in [3.05, 3.63) is 63.1 Å². The van der Waals surface area contributed by atoms with Gasteiger partial charge in [0, 0.05) is 11.6 Å². The number of sulfonamides is 1. The van der Waals surface area contributed by atoms with Gasteiger partial charge in [-0.2, -0.15) is 0 Å². The highest BCUT2D eigenvalue weighted by molar-refractivity contribution is 7.89. The van der Waals surface area contributed by atoms with Crippen LogP contribution in [0.1, 0.15) is 23.1 Å². The molecule has 0 aromatic heterocycles. The quantitative estimate of drug-likeness (QED) is 0.846. The average Bonchev–Trinajstić information content (AvgIpc) is 2.87. The summed E-state index contributed by atoms with van der Waals surface area (Å²) in [5.41, 5.74) is 1.22. The fraction of sp³-hybridized carbons (Fsp3) is 0.294. The predicted molar refractivity (Wildman–Crippen MR) is 95.0 cm³/mol. The van der Waals surface area contributed by atoms with Gasteiger partial charge in [0.25, 0.3) is 0 Å². The Morgan fingerprint density at radius 3 is 2.67 bits per heavy atom. The number of hydrogen-bond acceptors (Lipinski definition) is 3. The van der Waals surface area contributed by atoms with Gasteiger partial charge in [0.2, 0.25) is 10.0 Å². The number of fused-ring (bicyclic) bond motifs is 1. The second kappa shape index (κ2) is 6.32. The molecule has 4 nitrogen and oxygen atoms in total. The maximum absolute atomic E-state index is 12.6. The van der Waals surface area contributed by atoms with Crippen LogP contribution in [0, 0.1) is 6.92 Å². The first-order valence-electron chi connectivity index (χ1n) is 7.49. The molecule has 2 N–H and O–H groups in total. The van der Waals surface area contributed by atoms with Crippen LogP contribution in [0.5, 0.6) is 0 Å². The van der Waals surface area contributed by atoms with E-state index in [2.05, 4.69) is 4.72 Å². The minimum atomic E-state index is -3.86. The van der Waals surface area contributed by atoms with Crippen molar-refractivity contribution >= 4 is 33.2 Å². The van der Waals surface area contributed by atoms with E-state index in [-0.39, 0.29) is 16.5 Å². The number of aryl methyl sites for hydroxylation is 2. The van der Waals surface area contributed by atoms with E-state index in [1.165, 1.54) is 12.1 Å². The number of rotatable bonds is 4. The maximum atomic E-state index is 12.6. The van der Waals surface area contributed by atoms with Gasteiger partial charge in [-0.3, -0.25) is 0 Å². The number of halogens is 2. The molecule has 1 atom stereocenters. The van der Waals surface area contributed by atoms with E-state index in [4.69, 9.17) is 23.2 Å². The van der Waals surface area contributed by atoms with Gasteiger partial charge in [0.15, 0.2) is 0 Å². The van der Waals surface area contributed by atoms with Crippen LogP contribution >= 0.6 is 23.2 Å². The molecular formula is C17H17Cl2NO3S. The molecule has 0 heterocycles. The molecule has 3 rings (SSSR count). The van der Waals surface area contributed by atoms with Crippen LogP contribution < -0.4 is 4.72 Å². The third-order valence-corrected chi connectivity index (χ3v) is 6.66. The van der Waals surface area contributed by atoms with Gasteiger partial charge in [-0.1, -0.05) is 47.5 Å². The van der Waals surface area contributed by atoms with E-state index >= 15 is 0 Å². The van der Waals surface area contributed by atoms with Crippen molar-refractivity contribution in [3.63, 3.8) is 0 Å². The second-order valence-electron chi connectivity index (χ2n) is 6.05. The summed E-state index contributed by atoms with van der Waals surface area (Å²) in [4.78, 5) is -0.0408. The zero-order valence-corrected chi connectivity index (χ0v) is 15.3. The normalized spacial score (nSPS) is 20.2. The Balaban J connectivity index is 1.86. The number of benzene rings is 2. The predicted octanol–water partition coefficient (Wildman–Crippen LogP) is 3.41. The zero-order chi connectivity index (χ0) is 17.5. The van der Waals surface area contributed by atoms with Gasteiger partial charge in [0.05, 0.1) is 5.02 Å². The number of aliphatic hydroxyl groups is 1. The van der Waals surface area contributed by atoms with E-state index in [1.807, 2.05) is 24.3 Å². The lowest BCUT2D eigenvalue weighted by atomic mass is 9.96. The zero-order valence-electron chi connectivity index (χ0n) is 13.0. The van der Waals surface area contributed by atoms with E-state index in [0.717, 1.165) is 17.5 Å². The van der Waals surface area contributed by atoms with Crippen molar-refractivity contribution in [1.82, 2.24) is 4.72 Å². The fourth-order valence-corrected chi connectivity index (χ4v) is 4.90. The first-order valence-corrected chi connectivity index (χ1v) is 9.73. The largest absolute Gasteiger partial charge is 0.384 e. The van der Waals surface area contributed by atoms with Crippen molar-refractivity contribution in [2.75, 3.05) is 6.54 Å². The van der Waals surface area contributed by atoms with Gasteiger partial charge in [0.1, 0.15) is 10.5 Å². The molecule has 2 aromatic rings. The molecule has 0 saturated carbocycles. The third kappa shape index (κ3) is 3.19. The highest BCUT2D eigenvalue weighted by Gasteiger charge is 2.37. The number of hydrogen-bond donors (Lipinski definition) is 2. The summed E-state index contributed by atoms with van der Waals surface area (Å²) in [6.45, 7) is 1.60. The lowest BCUT2D eigenvalue weighted by Crippen LogP contribution is -2.39. The second-order valence-corrected chi connectivity index (χ2v) is 8.59. The summed E-state index contributed by atoms with van der Waals surface area (Å²) in [6, 6.07) is 10.4. The Hall–Kier alpha value is -1.11. The summed E-state index contributed by atoms with van der Waals surface area (Å²) >= 11 is 12.0. The molecule has 1 aliphatic rings. The molecule has 24 heavy (non-hydrogen) atoms. The van der Waals surface area contributed by atoms with Gasteiger partial charge in [-0.25, -0.2) is 13.1 Å². The molecule has 1 aliphatic carbocycles. The summed E-state index contributed by atoms with van der Waals surface area (Å²) in [5, 5.41) is 11.3. The molecule has 0 fully saturated rings. The minimum Gasteiger partial charge on any atom is -0.384 e. The summed E-state index contributed by atoms with van der Waals surface area (Å²) in [7, 11) is -3.86. The van der Waals surface area contributed by atoms with Crippen LogP contribution in [-0.2, 0) is 22.0 Å². The van der Waals surface area contributed by atoms with Crippen LogP contribution in [-0.4, -0.2) is 20.1 Å². The van der Waals surface area contributed by atoms with Crippen molar-refractivity contribution in [2.45, 2.75) is 30.3 Å². The maximum Gasteiger partial charge on any atom is 0.242 e.